The van der Waals surface area contributed by atoms with Gasteiger partial charge in [-0.2, -0.15) is 0 Å². The molecule has 0 aromatic heterocycles. The van der Waals surface area contributed by atoms with Crippen molar-refractivity contribution < 1.29 is 9.90 Å². The van der Waals surface area contributed by atoms with Crippen LogP contribution in [0.15, 0.2) is 0 Å². The monoisotopic (exact) mass is 256 g/mol. The molecule has 1 fully saturated rings. The summed E-state index contributed by atoms with van der Waals surface area (Å²) in [5, 5.41) is 8.90. The van der Waals surface area contributed by atoms with Crippen molar-refractivity contribution in [1.29, 1.82) is 0 Å². The first-order valence-corrected chi connectivity index (χ1v) is 7.20. The van der Waals surface area contributed by atoms with E-state index in [2.05, 4.69) is 6.92 Å². The predicted octanol–water partition coefficient (Wildman–Crippen LogP) is 1.37. The van der Waals surface area contributed by atoms with Crippen molar-refractivity contribution in [2.45, 2.75) is 46.0 Å². The third-order valence-corrected chi connectivity index (χ3v) is 4.33. The lowest BCUT2D eigenvalue weighted by Gasteiger charge is -2.40. The largest absolute Gasteiger partial charge is 0.396 e. The SMILES string of the molecule is CCN(CCCO)C(=O)C1(CN)CCC(C)CC1. The maximum absolute atomic E-state index is 12.7. The van der Waals surface area contributed by atoms with Gasteiger partial charge in [-0.3, -0.25) is 4.79 Å². The van der Waals surface area contributed by atoms with Gasteiger partial charge in [-0.05, 0) is 44.9 Å². The zero-order valence-corrected chi connectivity index (χ0v) is 11.8. The van der Waals surface area contributed by atoms with E-state index >= 15 is 0 Å². The van der Waals surface area contributed by atoms with Gasteiger partial charge in [0.25, 0.3) is 0 Å². The number of hydrogen-bond acceptors (Lipinski definition) is 3. The number of hydrogen-bond donors (Lipinski definition) is 2. The second-order valence-corrected chi connectivity index (χ2v) is 5.63. The maximum Gasteiger partial charge on any atom is 0.230 e. The first kappa shape index (κ1) is 15.4. The summed E-state index contributed by atoms with van der Waals surface area (Å²) < 4.78 is 0. The highest BCUT2D eigenvalue weighted by Gasteiger charge is 2.41. The normalized spacial score (nSPS) is 28.1. The van der Waals surface area contributed by atoms with Crippen molar-refractivity contribution in [3.05, 3.63) is 0 Å². The topological polar surface area (TPSA) is 66.6 Å². The van der Waals surface area contributed by atoms with Gasteiger partial charge in [-0.15, -0.1) is 0 Å². The molecule has 0 saturated heterocycles. The standard InChI is InChI=1S/C14H28N2O2/c1-3-16(9-4-10-17)13(18)14(11-15)7-5-12(2)6-8-14/h12,17H,3-11,15H2,1-2H3. The van der Waals surface area contributed by atoms with Crippen LogP contribution < -0.4 is 5.73 Å². The molecule has 3 N–H and O–H groups in total. The third-order valence-electron chi connectivity index (χ3n) is 4.33. The number of aliphatic hydroxyl groups excluding tert-OH is 1. The summed E-state index contributed by atoms with van der Waals surface area (Å²) >= 11 is 0. The molecule has 1 amide bonds. The number of nitrogens with two attached hydrogens (primary N) is 1. The van der Waals surface area contributed by atoms with Gasteiger partial charge < -0.3 is 15.7 Å². The lowest BCUT2D eigenvalue weighted by Crippen LogP contribution is -2.50. The quantitative estimate of drug-likeness (QED) is 0.754. The fourth-order valence-corrected chi connectivity index (χ4v) is 2.82. The number of nitrogens with zero attached hydrogens (tertiary/aromatic N) is 1. The van der Waals surface area contributed by atoms with Crippen molar-refractivity contribution in [2.75, 3.05) is 26.2 Å². The van der Waals surface area contributed by atoms with E-state index in [1.54, 1.807) is 0 Å². The molecule has 0 spiro atoms. The summed E-state index contributed by atoms with van der Waals surface area (Å²) in [6, 6.07) is 0. The molecule has 18 heavy (non-hydrogen) atoms. The molecular weight excluding hydrogens is 228 g/mol. The Morgan fingerprint density at radius 3 is 2.50 bits per heavy atom. The highest BCUT2D eigenvalue weighted by Crippen LogP contribution is 2.39. The van der Waals surface area contributed by atoms with Crippen LogP contribution in [-0.4, -0.2) is 42.2 Å². The second kappa shape index (κ2) is 7.10. The molecule has 0 aromatic carbocycles. The van der Waals surface area contributed by atoms with Crippen LogP contribution in [0, 0.1) is 11.3 Å². The Bertz CT molecular complexity index is 261. The maximum atomic E-state index is 12.7. The average Bonchev–Trinajstić information content (AvgIpc) is 2.40. The molecule has 4 heteroatoms. The zero-order chi connectivity index (χ0) is 13.6. The molecule has 1 saturated carbocycles. The summed E-state index contributed by atoms with van der Waals surface area (Å²) in [5.41, 5.74) is 5.57. The minimum absolute atomic E-state index is 0.135. The highest BCUT2D eigenvalue weighted by molar-refractivity contribution is 5.83. The van der Waals surface area contributed by atoms with E-state index in [-0.39, 0.29) is 17.9 Å². The Hall–Kier alpha value is -0.610. The van der Waals surface area contributed by atoms with Crippen LogP contribution in [0.5, 0.6) is 0 Å². The fourth-order valence-electron chi connectivity index (χ4n) is 2.82. The molecule has 4 nitrogen and oxygen atoms in total. The van der Waals surface area contributed by atoms with Crippen LogP contribution in [0.25, 0.3) is 0 Å². The van der Waals surface area contributed by atoms with Crippen LogP contribution in [0.4, 0.5) is 0 Å². The summed E-state index contributed by atoms with van der Waals surface area (Å²) in [6.07, 6.45) is 4.68. The Morgan fingerprint density at radius 1 is 1.44 bits per heavy atom. The summed E-state index contributed by atoms with van der Waals surface area (Å²) in [4.78, 5) is 14.5. The van der Waals surface area contributed by atoms with E-state index in [1.165, 1.54) is 0 Å². The molecule has 0 unspecified atom stereocenters. The zero-order valence-electron chi connectivity index (χ0n) is 11.8. The van der Waals surface area contributed by atoms with E-state index in [9.17, 15) is 4.79 Å². The van der Waals surface area contributed by atoms with Crippen LogP contribution in [0.2, 0.25) is 0 Å². The van der Waals surface area contributed by atoms with Gasteiger partial charge in [0.15, 0.2) is 0 Å². The van der Waals surface area contributed by atoms with Gasteiger partial charge >= 0.3 is 0 Å². The van der Waals surface area contributed by atoms with Crippen molar-refractivity contribution >= 4 is 5.91 Å². The number of amides is 1. The number of aliphatic hydroxyl groups is 1. The first-order chi connectivity index (χ1) is 8.59. The summed E-state index contributed by atoms with van der Waals surface area (Å²) in [6.45, 7) is 6.17. The van der Waals surface area contributed by atoms with Crippen LogP contribution in [0.1, 0.15) is 46.0 Å². The Labute approximate surface area is 111 Å². The molecule has 0 radical (unpaired) electrons. The smallest absolute Gasteiger partial charge is 0.230 e. The Kier molecular flexibility index (Phi) is 6.09. The van der Waals surface area contributed by atoms with Gasteiger partial charge in [-0.1, -0.05) is 6.92 Å². The van der Waals surface area contributed by atoms with E-state index in [0.717, 1.165) is 25.7 Å². The number of carbonyl (C=O) groups excluding carboxylic acids is 1. The van der Waals surface area contributed by atoms with E-state index in [1.807, 2.05) is 11.8 Å². The predicted molar refractivity (Wildman–Crippen MR) is 73.1 cm³/mol. The summed E-state index contributed by atoms with van der Waals surface area (Å²) in [5.74, 6) is 0.915. The molecule has 0 heterocycles. The summed E-state index contributed by atoms with van der Waals surface area (Å²) in [7, 11) is 0. The van der Waals surface area contributed by atoms with E-state index in [4.69, 9.17) is 10.8 Å². The molecule has 0 aliphatic heterocycles. The van der Waals surface area contributed by atoms with Crippen LogP contribution >= 0.6 is 0 Å². The van der Waals surface area contributed by atoms with Gasteiger partial charge in [0, 0.05) is 26.2 Å². The Morgan fingerprint density at radius 2 is 2.06 bits per heavy atom. The molecule has 0 atom stereocenters. The van der Waals surface area contributed by atoms with Crippen molar-refractivity contribution in [3.63, 3.8) is 0 Å². The van der Waals surface area contributed by atoms with Gasteiger partial charge in [0.05, 0.1) is 5.41 Å². The minimum atomic E-state index is -0.335. The molecule has 106 valence electrons. The molecule has 1 rings (SSSR count). The first-order valence-electron chi connectivity index (χ1n) is 7.20. The van der Waals surface area contributed by atoms with Gasteiger partial charge in [0.2, 0.25) is 5.91 Å². The third kappa shape index (κ3) is 3.45. The Balaban J connectivity index is 2.70. The molecular formula is C14H28N2O2. The van der Waals surface area contributed by atoms with Gasteiger partial charge in [0.1, 0.15) is 0 Å². The van der Waals surface area contributed by atoms with Crippen molar-refractivity contribution in [3.8, 4) is 0 Å². The molecule has 1 aliphatic rings. The molecule has 0 aromatic rings. The molecule has 1 aliphatic carbocycles. The lowest BCUT2D eigenvalue weighted by molar-refractivity contribution is -0.144. The number of carbonyl (C=O) groups is 1. The fraction of sp³-hybridized carbons (Fsp3) is 0.929. The van der Waals surface area contributed by atoms with E-state index < -0.39 is 0 Å². The second-order valence-electron chi connectivity index (χ2n) is 5.63. The van der Waals surface area contributed by atoms with Crippen LogP contribution in [-0.2, 0) is 4.79 Å². The number of rotatable bonds is 6. The highest BCUT2D eigenvalue weighted by atomic mass is 16.3. The minimum Gasteiger partial charge on any atom is -0.396 e. The van der Waals surface area contributed by atoms with Gasteiger partial charge in [-0.25, -0.2) is 0 Å². The van der Waals surface area contributed by atoms with E-state index in [0.29, 0.717) is 32.0 Å². The van der Waals surface area contributed by atoms with Crippen molar-refractivity contribution in [1.82, 2.24) is 4.90 Å². The lowest BCUT2D eigenvalue weighted by atomic mass is 9.70. The molecule has 0 bridgehead atoms. The van der Waals surface area contributed by atoms with Crippen molar-refractivity contribution in [2.24, 2.45) is 17.1 Å². The average molecular weight is 256 g/mol. The van der Waals surface area contributed by atoms with Crippen LogP contribution in [0.3, 0.4) is 0 Å².